The number of esters is 3. The van der Waals surface area contributed by atoms with Gasteiger partial charge in [-0.25, -0.2) is 4.79 Å². The molecule has 0 saturated carbocycles. The number of aliphatic carboxylic acids is 1. The van der Waals surface area contributed by atoms with Crippen LogP contribution in [0.4, 0.5) is 13.2 Å². The van der Waals surface area contributed by atoms with Crippen molar-refractivity contribution in [3.05, 3.63) is 132 Å². The van der Waals surface area contributed by atoms with Crippen LogP contribution in [0, 0.1) is 55.4 Å². The monoisotopic (exact) mass is 1280 g/mol. The van der Waals surface area contributed by atoms with Crippen molar-refractivity contribution in [2.45, 2.75) is 145 Å². The minimum absolute atomic E-state index is 0. The Morgan fingerprint density at radius 1 is 0.472 bits per heavy atom. The topological polar surface area (TPSA) is 412 Å². The lowest BCUT2D eigenvalue weighted by molar-refractivity contribution is -0.143. The van der Waals surface area contributed by atoms with Gasteiger partial charge in [0.25, 0.3) is 0 Å². The number of nitrogens with one attached hydrogen (secondary N) is 4. The minimum Gasteiger partial charge on any atom is -0.480 e. The molecule has 25 nitrogen and oxygen atoms in total. The van der Waals surface area contributed by atoms with Gasteiger partial charge in [-0.2, -0.15) is 21.6 Å². The summed E-state index contributed by atoms with van der Waals surface area (Å²) in [6, 6.07) is 8.93. The van der Waals surface area contributed by atoms with Crippen LogP contribution in [0.3, 0.4) is 0 Å². The number of halogens is 3. The number of carbonyl (C=O) groups excluding carboxylic acids is 5. The summed E-state index contributed by atoms with van der Waals surface area (Å²) in [4.78, 5) is 80.0. The first-order valence-electron chi connectivity index (χ1n) is 27.0. The van der Waals surface area contributed by atoms with E-state index in [9.17, 15) is 75.2 Å². The van der Waals surface area contributed by atoms with Gasteiger partial charge >= 0.3 is 73.7 Å². The van der Waals surface area contributed by atoms with Gasteiger partial charge in [0.15, 0.2) is 0 Å². The number of primary amides is 2. The van der Waals surface area contributed by atoms with Crippen molar-refractivity contribution in [1.82, 2.24) is 20.9 Å². The van der Waals surface area contributed by atoms with Crippen molar-refractivity contribution in [2.75, 3.05) is 21.3 Å². The van der Waals surface area contributed by atoms with Gasteiger partial charge in [-0.1, -0.05) is 7.43 Å². The first-order chi connectivity index (χ1) is 40.5. The Hall–Kier alpha value is -7.35. The van der Waals surface area contributed by atoms with Gasteiger partial charge in [-0.3, -0.25) is 28.8 Å². The normalized spacial score (nSPS) is 12.2. The summed E-state index contributed by atoms with van der Waals surface area (Å²) in [5, 5.41) is 66.4. The van der Waals surface area contributed by atoms with Crippen LogP contribution in [0.2, 0.25) is 27.3 Å². The van der Waals surface area contributed by atoms with Gasteiger partial charge < -0.3 is 81.1 Å². The molecule has 4 aromatic carbocycles. The van der Waals surface area contributed by atoms with E-state index in [1.807, 2.05) is 13.8 Å². The molecule has 0 unspecified atom stereocenters. The molecule has 33 heteroatoms. The Labute approximate surface area is 518 Å². The average Bonchev–Trinajstić information content (AvgIpc) is 1.77. The number of aryl methyl sites for hydroxylation is 8. The predicted octanol–water partition coefficient (Wildman–Crippen LogP) is 3.02. The number of ether oxygens (including phenoxy) is 3. The quantitative estimate of drug-likeness (QED) is 0.0149. The summed E-state index contributed by atoms with van der Waals surface area (Å²) in [6.45, 7) is 19.9. The molecule has 0 fully saturated rings. The van der Waals surface area contributed by atoms with Crippen molar-refractivity contribution >= 4 is 80.0 Å². The molecule has 0 spiro atoms. The third kappa shape index (κ3) is 26.7. The zero-order chi connectivity index (χ0) is 68.0. The molecule has 0 aromatic heterocycles. The lowest BCUT2D eigenvalue weighted by Gasteiger charge is -2.20. The van der Waals surface area contributed by atoms with Crippen LogP contribution >= 0.6 is 0 Å². The Balaban J connectivity index is 0.00000116. The van der Waals surface area contributed by atoms with Crippen LogP contribution in [0.15, 0.2) is 48.5 Å². The lowest BCUT2D eigenvalue weighted by atomic mass is 9.85. The number of hydrogen-bond acceptors (Lipinski definition) is 21. The average molecular weight is 1280 g/mol. The molecule has 14 N–H and O–H groups in total. The molecule has 490 valence electrons. The predicted molar refractivity (Wildman–Crippen MR) is 332 cm³/mol. The maximum atomic E-state index is 12.4. The number of carboxylic acid groups (broad SMARTS) is 2. The molecule has 0 bridgehead atoms. The summed E-state index contributed by atoms with van der Waals surface area (Å²) >= 11 is 0. The number of aromatic carboxylic acids is 1. The molecular formula is C56H83B4F3N6O19S. The van der Waals surface area contributed by atoms with Gasteiger partial charge in [0.1, 0.15) is 29.9 Å². The van der Waals surface area contributed by atoms with E-state index in [4.69, 9.17) is 31.2 Å². The summed E-state index contributed by atoms with van der Waals surface area (Å²) in [5.74, 6) is -5.07. The Bertz CT molecular complexity index is 3040. The number of carboxylic acids is 2. The van der Waals surface area contributed by atoms with Crippen molar-refractivity contribution < 1.29 is 104 Å². The van der Waals surface area contributed by atoms with E-state index < -0.39 is 115 Å². The van der Waals surface area contributed by atoms with Gasteiger partial charge in [0.05, 0.1) is 26.9 Å². The van der Waals surface area contributed by atoms with Crippen molar-refractivity contribution in [3.8, 4) is 5.75 Å². The van der Waals surface area contributed by atoms with E-state index in [0.29, 0.717) is 40.7 Å². The van der Waals surface area contributed by atoms with Crippen LogP contribution in [-0.2, 0) is 69.2 Å². The van der Waals surface area contributed by atoms with Gasteiger partial charge in [0, 0.05) is 11.1 Å². The molecule has 0 saturated heterocycles. The smallest absolute Gasteiger partial charge is 0.480 e. The van der Waals surface area contributed by atoms with E-state index in [-0.39, 0.29) is 25.8 Å². The first kappa shape index (κ1) is 81.6. The van der Waals surface area contributed by atoms with Crippen molar-refractivity contribution in [3.63, 3.8) is 0 Å². The number of methoxy groups -OCH3 is 3. The van der Waals surface area contributed by atoms with E-state index >= 15 is 0 Å². The number of hydrogen-bond donors (Lipinski definition) is 12. The van der Waals surface area contributed by atoms with E-state index in [1.165, 1.54) is 62.5 Å². The second kappa shape index (κ2) is 37.0. The number of benzene rings is 4. The minimum atomic E-state index is -5.77. The summed E-state index contributed by atoms with van der Waals surface area (Å²) in [5.41, 5.74) is 15.0. The second-order valence-electron chi connectivity index (χ2n) is 20.6. The van der Waals surface area contributed by atoms with Crippen LogP contribution < -0.4 is 36.6 Å². The fourth-order valence-electron chi connectivity index (χ4n) is 9.11. The summed E-state index contributed by atoms with van der Waals surface area (Å²) < 4.78 is 77.7. The molecule has 0 aliphatic heterocycles. The van der Waals surface area contributed by atoms with Crippen molar-refractivity contribution in [2.24, 2.45) is 11.5 Å². The zero-order valence-corrected chi connectivity index (χ0v) is 52.6. The summed E-state index contributed by atoms with van der Waals surface area (Å²) in [6.07, 6.45) is 0.960. The molecule has 2 amide bonds. The maximum absolute atomic E-state index is 12.4. The number of rotatable bonds is 25. The molecule has 89 heavy (non-hydrogen) atoms. The molecule has 4 atom stereocenters. The maximum Gasteiger partial charge on any atom is 0.534 e. The summed E-state index contributed by atoms with van der Waals surface area (Å²) in [7, 11) is -5.61. The first-order valence-corrected chi connectivity index (χ1v) is 28.4. The molecule has 4 aromatic rings. The lowest BCUT2D eigenvalue weighted by Crippen LogP contribution is -2.46. The third-order valence-corrected chi connectivity index (χ3v) is 14.2. The highest BCUT2D eigenvalue weighted by Crippen LogP contribution is 2.30. The SMILES string of the molecule is C.CB(O)N[C@@H](Cc1c(C)cc(C(N)=O)cc1C)C(=O)O.COC(=O)[C@H](Cc1c(C)cc(C(=O)O)cc1C)NB(C)O.COC(=O)[C@H](Cc1c(C)cc(C(N)=O)cc1C)NB(C)O.COC(=O)[C@H](Cc1c(C)cc(OS(=O)(=O)C(F)(F)F)cc1C)NB(C)O. The van der Waals surface area contributed by atoms with Gasteiger partial charge in [-0.15, -0.1) is 0 Å². The van der Waals surface area contributed by atoms with E-state index in [1.54, 1.807) is 64.1 Å². The van der Waals surface area contributed by atoms with E-state index in [2.05, 4.69) is 29.8 Å². The molecule has 0 aliphatic carbocycles. The fraction of sp³-hybridized carbons (Fsp3) is 0.446. The highest BCUT2D eigenvalue weighted by atomic mass is 32.2. The number of nitrogens with two attached hydrogens (primary N) is 2. The number of amides is 2. The number of carbonyl (C=O) groups is 7. The Kier molecular flexibility index (Phi) is 33.9. The van der Waals surface area contributed by atoms with Gasteiger partial charge in [-0.05, 0) is 224 Å². The van der Waals surface area contributed by atoms with Crippen molar-refractivity contribution in [1.29, 1.82) is 0 Å². The van der Waals surface area contributed by atoms with Crippen LogP contribution in [0.25, 0.3) is 0 Å². The Morgan fingerprint density at radius 2 is 0.697 bits per heavy atom. The molecule has 0 aliphatic rings. The highest BCUT2D eigenvalue weighted by molar-refractivity contribution is 7.88. The fourth-order valence-corrected chi connectivity index (χ4v) is 9.55. The molecule has 0 radical (unpaired) electrons. The van der Waals surface area contributed by atoms with Crippen LogP contribution in [0.5, 0.6) is 5.75 Å². The van der Waals surface area contributed by atoms with Crippen LogP contribution in [0.1, 0.15) is 105 Å². The molecule has 4 rings (SSSR count). The van der Waals surface area contributed by atoms with Gasteiger partial charge in [0.2, 0.25) is 11.8 Å². The second-order valence-corrected chi connectivity index (χ2v) is 22.2. The third-order valence-electron chi connectivity index (χ3n) is 13.2. The molecule has 0 heterocycles. The van der Waals surface area contributed by atoms with E-state index in [0.717, 1.165) is 62.2 Å². The molecular weight excluding hydrogens is 1190 g/mol. The highest BCUT2D eigenvalue weighted by Gasteiger charge is 2.48. The zero-order valence-electron chi connectivity index (χ0n) is 51.8. The standard InChI is InChI=1S/C14H19BF3NO6S.C14H21BN2O4.C14H20BNO5.C13H19BN2O4.CH4/c1-8-5-10(25-26(22,23)14(16,17)18)6-9(2)11(8)7-12(13(20)24-4)19-15(3)21;1-8-5-10(13(16)18)6-9(2)11(8)7-12(14(19)21-4)17-15(3)20;1-8-5-10(13(17)18)6-9(2)11(8)7-12(14(19)21-4)16-15(3)20;1-7-4-9(12(15)17)5-8(2)10(7)6-11(13(18)19)16-14(3)20;/h5-6,12,19,21H,7H2,1-4H3;5-6,12,17,20H,7H2,1-4H3,(H2,16,18);5-6,12,16,20H,7H2,1-4H3,(H,17,18);4-5,11,16,20H,6H2,1-3H3,(H2,15,17)(H,18,19);1H4/t3*12-;11-;/m0000./s1. The number of alkyl halides is 3. The largest absolute Gasteiger partial charge is 0.534 e. The van der Waals surface area contributed by atoms with Crippen LogP contribution in [-0.4, -0.2) is 160 Å². The Morgan fingerprint density at radius 3 is 0.899 bits per heavy atom.